The van der Waals surface area contributed by atoms with Gasteiger partial charge in [-0.25, -0.2) is 8.78 Å². The zero-order valence-electron chi connectivity index (χ0n) is 20.8. The zero-order chi connectivity index (χ0) is 26.8. The van der Waals surface area contributed by atoms with Gasteiger partial charge in [-0.1, -0.05) is 58.0 Å². The molecule has 0 spiro atoms. The number of carbonyl (C=O) groups excluding carboxylic acids is 3. The van der Waals surface area contributed by atoms with Crippen molar-refractivity contribution in [3.05, 3.63) is 70.8 Å². The van der Waals surface area contributed by atoms with Gasteiger partial charge < -0.3 is 16.4 Å². The van der Waals surface area contributed by atoms with Crippen LogP contribution in [0, 0.1) is 29.4 Å². The van der Waals surface area contributed by atoms with E-state index in [0.29, 0.717) is 5.56 Å². The maximum Gasteiger partial charge on any atom is 0.270 e. The molecule has 0 aliphatic carbocycles. The van der Waals surface area contributed by atoms with E-state index in [4.69, 9.17) is 11.1 Å². The normalized spacial score (nSPS) is 11.5. The van der Waals surface area contributed by atoms with Gasteiger partial charge in [-0.3, -0.25) is 19.8 Å². The molecule has 0 heterocycles. The summed E-state index contributed by atoms with van der Waals surface area (Å²) >= 11 is 0. The predicted molar refractivity (Wildman–Crippen MR) is 132 cm³/mol. The molecule has 35 heavy (non-hydrogen) atoms. The maximum atomic E-state index is 12.4. The average molecular weight is 489 g/mol. The summed E-state index contributed by atoms with van der Waals surface area (Å²) in [6.07, 6.45) is 0.757. The van der Waals surface area contributed by atoms with Crippen molar-refractivity contribution < 1.29 is 23.2 Å². The largest absolute Gasteiger partial charge is 0.370 e. The van der Waals surface area contributed by atoms with Gasteiger partial charge in [-0.05, 0) is 42.0 Å². The third kappa shape index (κ3) is 9.64. The minimum Gasteiger partial charge on any atom is -0.370 e. The van der Waals surface area contributed by atoms with E-state index in [1.165, 1.54) is 6.07 Å². The van der Waals surface area contributed by atoms with E-state index >= 15 is 0 Å². The molecule has 3 amide bonds. The van der Waals surface area contributed by atoms with Crippen molar-refractivity contribution in [1.29, 1.82) is 5.41 Å². The number of rotatable bonds is 8. The van der Waals surface area contributed by atoms with Gasteiger partial charge >= 0.3 is 0 Å². The number of amides is 3. The molecule has 5 N–H and O–H groups in total. The number of nitrogens with one attached hydrogen (secondary N) is 3. The Hall–Kier alpha value is -3.62. The van der Waals surface area contributed by atoms with Crippen molar-refractivity contribution in [3.63, 3.8) is 0 Å². The molecule has 0 saturated heterocycles. The number of nitrogens with two attached hydrogens (primary N) is 1. The smallest absolute Gasteiger partial charge is 0.270 e. The Morgan fingerprint density at radius 1 is 1.06 bits per heavy atom. The fraction of sp³-hybridized carbons (Fsp3) is 0.385. The van der Waals surface area contributed by atoms with Crippen LogP contribution in [0.4, 0.5) is 8.78 Å². The van der Waals surface area contributed by atoms with Crippen LogP contribution >= 0.6 is 0 Å². The molecule has 2 aromatic rings. The molecule has 190 valence electrons. The Morgan fingerprint density at radius 2 is 1.69 bits per heavy atom. The molecule has 0 radical (unpaired) electrons. The summed E-state index contributed by atoms with van der Waals surface area (Å²) in [5.74, 6) is -3.10. The first-order chi connectivity index (χ1) is 16.3. The standard InChI is InChI=1S/C18H26N4O3.C8H8F2/c1-11-7-5-6-8-12(11)14(20)16(24)22-15(18(2,3)4)17(25)21-10-9-13(19)23;1-2-6-3-4-7(9)8(10)5-6/h5-8,15,20H,9-10H2,1-4H3,(H2,19,23)(H,21,25)(H,22,24);3-5H,2H2,1H3. The van der Waals surface area contributed by atoms with Gasteiger partial charge in [0.1, 0.15) is 11.8 Å². The van der Waals surface area contributed by atoms with E-state index in [9.17, 15) is 23.2 Å². The second-order valence-corrected chi connectivity index (χ2v) is 9.07. The second kappa shape index (κ2) is 13.3. The SMILES string of the molecule is CCc1ccc(F)c(F)c1.Cc1ccccc1C(=N)C(=O)NC(C(=O)NCCC(N)=O)C(C)(C)C. The Kier molecular flexibility index (Phi) is 11.2. The molecule has 0 saturated carbocycles. The molecule has 7 nitrogen and oxygen atoms in total. The summed E-state index contributed by atoms with van der Waals surface area (Å²) in [5, 5.41) is 13.3. The summed E-state index contributed by atoms with van der Waals surface area (Å²) in [6.45, 7) is 9.24. The van der Waals surface area contributed by atoms with Crippen molar-refractivity contribution in [1.82, 2.24) is 10.6 Å². The molecule has 0 aromatic heterocycles. The molecule has 0 aliphatic heterocycles. The highest BCUT2D eigenvalue weighted by Gasteiger charge is 2.33. The zero-order valence-corrected chi connectivity index (χ0v) is 20.8. The first-order valence-corrected chi connectivity index (χ1v) is 11.2. The molecule has 1 atom stereocenters. The van der Waals surface area contributed by atoms with Crippen LogP contribution in [0.2, 0.25) is 0 Å². The van der Waals surface area contributed by atoms with E-state index in [-0.39, 0.29) is 18.7 Å². The summed E-state index contributed by atoms with van der Waals surface area (Å²) in [7, 11) is 0. The van der Waals surface area contributed by atoms with Gasteiger partial charge in [-0.15, -0.1) is 0 Å². The molecule has 0 aliphatic rings. The second-order valence-electron chi connectivity index (χ2n) is 9.07. The van der Waals surface area contributed by atoms with E-state index in [1.807, 2.05) is 46.8 Å². The van der Waals surface area contributed by atoms with Crippen LogP contribution in [0.5, 0.6) is 0 Å². The number of primary amides is 1. The molecule has 0 bridgehead atoms. The topological polar surface area (TPSA) is 125 Å². The van der Waals surface area contributed by atoms with Crippen molar-refractivity contribution >= 4 is 23.4 Å². The molecule has 0 fully saturated rings. The van der Waals surface area contributed by atoms with Gasteiger partial charge in [0.15, 0.2) is 11.6 Å². The predicted octanol–water partition coefficient (Wildman–Crippen LogP) is 3.41. The van der Waals surface area contributed by atoms with Crippen molar-refractivity contribution in [2.45, 2.75) is 53.5 Å². The lowest BCUT2D eigenvalue weighted by Gasteiger charge is -2.30. The Bertz CT molecular complexity index is 1060. The van der Waals surface area contributed by atoms with Crippen LogP contribution < -0.4 is 16.4 Å². The van der Waals surface area contributed by atoms with Crippen LogP contribution in [-0.2, 0) is 20.8 Å². The number of hydrogen-bond donors (Lipinski definition) is 4. The Labute approximate surface area is 205 Å². The lowest BCUT2D eigenvalue weighted by molar-refractivity contribution is -0.129. The van der Waals surface area contributed by atoms with Crippen molar-refractivity contribution in [3.8, 4) is 0 Å². The first-order valence-electron chi connectivity index (χ1n) is 11.2. The molecule has 2 aromatic carbocycles. The summed E-state index contributed by atoms with van der Waals surface area (Å²) < 4.78 is 24.7. The lowest BCUT2D eigenvalue weighted by Crippen LogP contribution is -2.55. The molecular weight excluding hydrogens is 454 g/mol. The van der Waals surface area contributed by atoms with Gasteiger partial charge in [0.25, 0.3) is 5.91 Å². The highest BCUT2D eigenvalue weighted by atomic mass is 19.2. The van der Waals surface area contributed by atoms with Crippen molar-refractivity contribution in [2.24, 2.45) is 11.1 Å². The number of halogens is 2. The summed E-state index contributed by atoms with van der Waals surface area (Å²) in [4.78, 5) is 35.6. The number of aryl methyl sites for hydroxylation is 2. The summed E-state index contributed by atoms with van der Waals surface area (Å²) in [6, 6.07) is 10.2. The first kappa shape index (κ1) is 29.4. The molecular formula is C26H34F2N4O3. The van der Waals surface area contributed by atoms with Crippen LogP contribution in [0.15, 0.2) is 42.5 Å². The van der Waals surface area contributed by atoms with Crippen molar-refractivity contribution in [2.75, 3.05) is 6.54 Å². The fourth-order valence-corrected chi connectivity index (χ4v) is 3.02. The molecule has 1 unspecified atom stereocenters. The number of hydrogen-bond acceptors (Lipinski definition) is 4. The van der Waals surface area contributed by atoms with E-state index in [1.54, 1.807) is 18.2 Å². The van der Waals surface area contributed by atoms with Crippen LogP contribution in [0.25, 0.3) is 0 Å². The minimum atomic E-state index is -0.850. The van der Waals surface area contributed by atoms with E-state index in [2.05, 4.69) is 10.6 Å². The van der Waals surface area contributed by atoms with Gasteiger partial charge in [-0.2, -0.15) is 0 Å². The molecule has 2 rings (SSSR count). The third-order valence-electron chi connectivity index (χ3n) is 5.11. The highest BCUT2D eigenvalue weighted by molar-refractivity contribution is 6.44. The van der Waals surface area contributed by atoms with Gasteiger partial charge in [0, 0.05) is 18.5 Å². The van der Waals surface area contributed by atoms with Crippen LogP contribution in [-0.4, -0.2) is 36.0 Å². The van der Waals surface area contributed by atoms with Crippen LogP contribution in [0.1, 0.15) is 50.8 Å². The lowest BCUT2D eigenvalue weighted by atomic mass is 9.85. The number of benzene rings is 2. The summed E-state index contributed by atoms with van der Waals surface area (Å²) in [5.41, 5.74) is 6.42. The minimum absolute atomic E-state index is 0.0234. The quantitative estimate of drug-likeness (QED) is 0.426. The monoisotopic (exact) mass is 488 g/mol. The highest BCUT2D eigenvalue weighted by Crippen LogP contribution is 2.20. The third-order valence-corrected chi connectivity index (χ3v) is 5.11. The fourth-order valence-electron chi connectivity index (χ4n) is 3.02. The van der Waals surface area contributed by atoms with E-state index < -0.39 is 40.8 Å². The maximum absolute atomic E-state index is 12.4. The Balaban J connectivity index is 0.000000507. The van der Waals surface area contributed by atoms with Crippen LogP contribution in [0.3, 0.4) is 0 Å². The number of carbonyl (C=O) groups is 3. The average Bonchev–Trinajstić information content (AvgIpc) is 2.78. The van der Waals surface area contributed by atoms with Gasteiger partial charge in [0.2, 0.25) is 11.8 Å². The molecule has 9 heteroatoms. The van der Waals surface area contributed by atoms with E-state index in [0.717, 1.165) is 23.6 Å². The van der Waals surface area contributed by atoms with Gasteiger partial charge in [0.05, 0.1) is 0 Å². The Morgan fingerprint density at radius 3 is 2.20 bits per heavy atom.